The van der Waals surface area contributed by atoms with Gasteiger partial charge in [-0.05, 0) is 32.0 Å². The highest BCUT2D eigenvalue weighted by Gasteiger charge is 2.06. The van der Waals surface area contributed by atoms with Crippen LogP contribution in [0.4, 0.5) is 10.1 Å². The third-order valence-electron chi connectivity index (χ3n) is 2.85. The van der Waals surface area contributed by atoms with Gasteiger partial charge in [-0.25, -0.2) is 4.39 Å². The van der Waals surface area contributed by atoms with Gasteiger partial charge >= 0.3 is 0 Å². The molecule has 4 heteroatoms. The molecule has 1 atom stereocenters. The SMILES string of the molecule is CCN(CCNC(C)COC)c1cccc(F)c1. The summed E-state index contributed by atoms with van der Waals surface area (Å²) in [7, 11) is 1.70. The number of nitrogens with one attached hydrogen (secondary N) is 1. The summed E-state index contributed by atoms with van der Waals surface area (Å²) in [5.41, 5.74) is 0.929. The van der Waals surface area contributed by atoms with Gasteiger partial charge in [0, 0.05) is 38.5 Å². The van der Waals surface area contributed by atoms with E-state index in [2.05, 4.69) is 24.1 Å². The zero-order valence-electron chi connectivity index (χ0n) is 11.4. The normalized spacial score (nSPS) is 12.4. The summed E-state index contributed by atoms with van der Waals surface area (Å²) < 4.78 is 18.2. The van der Waals surface area contributed by atoms with Crippen molar-refractivity contribution >= 4 is 5.69 Å². The maximum Gasteiger partial charge on any atom is 0.125 e. The molecule has 0 saturated carbocycles. The van der Waals surface area contributed by atoms with E-state index in [0.717, 1.165) is 25.3 Å². The van der Waals surface area contributed by atoms with Gasteiger partial charge in [-0.3, -0.25) is 0 Å². The molecule has 0 aliphatic carbocycles. The van der Waals surface area contributed by atoms with Crippen LogP contribution in [0.3, 0.4) is 0 Å². The second-order valence-corrected chi connectivity index (χ2v) is 4.37. The average molecular weight is 254 g/mol. The van der Waals surface area contributed by atoms with Crippen LogP contribution < -0.4 is 10.2 Å². The third-order valence-corrected chi connectivity index (χ3v) is 2.85. The van der Waals surface area contributed by atoms with E-state index in [1.165, 1.54) is 6.07 Å². The van der Waals surface area contributed by atoms with Crippen molar-refractivity contribution in [3.8, 4) is 0 Å². The highest BCUT2D eigenvalue weighted by molar-refractivity contribution is 5.46. The molecular weight excluding hydrogens is 231 g/mol. The first kappa shape index (κ1) is 14.9. The van der Waals surface area contributed by atoms with Crippen molar-refractivity contribution in [3.63, 3.8) is 0 Å². The Bertz CT molecular complexity index is 346. The molecule has 0 bridgehead atoms. The molecule has 1 rings (SSSR count). The van der Waals surface area contributed by atoms with E-state index in [-0.39, 0.29) is 5.82 Å². The van der Waals surface area contributed by atoms with Gasteiger partial charge in [-0.15, -0.1) is 0 Å². The Kier molecular flexibility index (Phi) is 6.68. The topological polar surface area (TPSA) is 24.5 Å². The first-order chi connectivity index (χ1) is 8.67. The molecule has 1 unspecified atom stereocenters. The number of likely N-dealkylation sites (N-methyl/N-ethyl adjacent to an activating group) is 1. The van der Waals surface area contributed by atoms with Crippen molar-refractivity contribution in [2.24, 2.45) is 0 Å². The molecule has 0 fully saturated rings. The summed E-state index contributed by atoms with van der Waals surface area (Å²) in [4.78, 5) is 2.15. The van der Waals surface area contributed by atoms with E-state index in [4.69, 9.17) is 4.74 Å². The second-order valence-electron chi connectivity index (χ2n) is 4.37. The number of rotatable bonds is 8. The smallest absolute Gasteiger partial charge is 0.125 e. The standard InChI is InChI=1S/C14H23FN2O/c1-4-17(9-8-16-12(2)11-18-3)14-7-5-6-13(15)10-14/h5-7,10,12,16H,4,8-9,11H2,1-3H3. The molecule has 1 aromatic carbocycles. The summed E-state index contributed by atoms with van der Waals surface area (Å²) in [5, 5.41) is 3.37. The fourth-order valence-electron chi connectivity index (χ4n) is 1.90. The zero-order chi connectivity index (χ0) is 13.4. The molecule has 0 radical (unpaired) electrons. The lowest BCUT2D eigenvalue weighted by molar-refractivity contribution is 0.172. The maximum atomic E-state index is 13.2. The van der Waals surface area contributed by atoms with Crippen LogP contribution in [0.15, 0.2) is 24.3 Å². The largest absolute Gasteiger partial charge is 0.383 e. The van der Waals surface area contributed by atoms with Gasteiger partial charge in [0.1, 0.15) is 5.82 Å². The summed E-state index contributed by atoms with van der Waals surface area (Å²) in [5.74, 6) is -0.188. The molecule has 0 aliphatic rings. The van der Waals surface area contributed by atoms with Gasteiger partial charge in [-0.2, -0.15) is 0 Å². The van der Waals surface area contributed by atoms with Gasteiger partial charge in [0.15, 0.2) is 0 Å². The number of halogens is 1. The van der Waals surface area contributed by atoms with Crippen LogP contribution in [0.2, 0.25) is 0 Å². The Labute approximate surface area is 109 Å². The highest BCUT2D eigenvalue weighted by atomic mass is 19.1. The van der Waals surface area contributed by atoms with Crippen LogP contribution in [-0.2, 0) is 4.74 Å². The van der Waals surface area contributed by atoms with Crippen LogP contribution in [0.5, 0.6) is 0 Å². The average Bonchev–Trinajstić information content (AvgIpc) is 2.35. The van der Waals surface area contributed by atoms with Gasteiger partial charge in [0.2, 0.25) is 0 Å². The van der Waals surface area contributed by atoms with Crippen molar-refractivity contribution in [3.05, 3.63) is 30.1 Å². The molecule has 0 amide bonds. The predicted octanol–water partition coefficient (Wildman–Crippen LogP) is 2.28. The molecule has 102 valence electrons. The third kappa shape index (κ3) is 5.02. The summed E-state index contributed by atoms with van der Waals surface area (Å²) in [6, 6.07) is 7.05. The number of hydrogen-bond acceptors (Lipinski definition) is 3. The van der Waals surface area contributed by atoms with E-state index in [9.17, 15) is 4.39 Å². The molecule has 0 aromatic heterocycles. The minimum Gasteiger partial charge on any atom is -0.383 e. The van der Waals surface area contributed by atoms with E-state index in [0.29, 0.717) is 12.6 Å². The maximum absolute atomic E-state index is 13.2. The molecule has 0 spiro atoms. The number of methoxy groups -OCH3 is 1. The fraction of sp³-hybridized carbons (Fsp3) is 0.571. The Balaban J connectivity index is 2.43. The van der Waals surface area contributed by atoms with Gasteiger partial charge in [0.05, 0.1) is 6.61 Å². The van der Waals surface area contributed by atoms with Crippen LogP contribution >= 0.6 is 0 Å². The Morgan fingerprint density at radius 1 is 1.44 bits per heavy atom. The van der Waals surface area contributed by atoms with E-state index in [1.54, 1.807) is 19.2 Å². The van der Waals surface area contributed by atoms with Crippen LogP contribution in [0, 0.1) is 5.82 Å². The molecule has 0 saturated heterocycles. The molecule has 3 nitrogen and oxygen atoms in total. The zero-order valence-corrected chi connectivity index (χ0v) is 11.4. The summed E-state index contributed by atoms with van der Waals surface area (Å²) in [6.45, 7) is 7.43. The van der Waals surface area contributed by atoms with E-state index < -0.39 is 0 Å². The van der Waals surface area contributed by atoms with Crippen molar-refractivity contribution in [1.29, 1.82) is 0 Å². The monoisotopic (exact) mass is 254 g/mol. The minimum atomic E-state index is -0.188. The molecule has 0 heterocycles. The Hall–Kier alpha value is -1.13. The molecule has 18 heavy (non-hydrogen) atoms. The predicted molar refractivity (Wildman–Crippen MR) is 73.6 cm³/mol. The quantitative estimate of drug-likeness (QED) is 0.770. The summed E-state index contributed by atoms with van der Waals surface area (Å²) >= 11 is 0. The lowest BCUT2D eigenvalue weighted by Crippen LogP contribution is -2.37. The Morgan fingerprint density at radius 3 is 2.83 bits per heavy atom. The van der Waals surface area contributed by atoms with Crippen molar-refractivity contribution in [1.82, 2.24) is 5.32 Å². The minimum absolute atomic E-state index is 0.188. The van der Waals surface area contributed by atoms with E-state index in [1.807, 2.05) is 6.07 Å². The number of ether oxygens (including phenoxy) is 1. The van der Waals surface area contributed by atoms with Crippen molar-refractivity contribution in [2.75, 3.05) is 38.3 Å². The second kappa shape index (κ2) is 8.06. The molecule has 0 aliphatic heterocycles. The lowest BCUT2D eigenvalue weighted by atomic mass is 10.2. The van der Waals surface area contributed by atoms with Gasteiger partial charge in [-0.1, -0.05) is 6.07 Å². The molecule has 1 N–H and O–H groups in total. The summed E-state index contributed by atoms with van der Waals surface area (Å²) in [6.07, 6.45) is 0. The van der Waals surface area contributed by atoms with Crippen LogP contribution in [-0.4, -0.2) is 39.4 Å². The van der Waals surface area contributed by atoms with Crippen molar-refractivity contribution < 1.29 is 9.13 Å². The number of nitrogens with zero attached hydrogens (tertiary/aromatic N) is 1. The Morgan fingerprint density at radius 2 is 2.22 bits per heavy atom. The van der Waals surface area contributed by atoms with Crippen LogP contribution in [0.25, 0.3) is 0 Å². The molecular formula is C14H23FN2O. The number of anilines is 1. The highest BCUT2D eigenvalue weighted by Crippen LogP contribution is 2.14. The lowest BCUT2D eigenvalue weighted by Gasteiger charge is -2.24. The first-order valence-corrected chi connectivity index (χ1v) is 6.40. The first-order valence-electron chi connectivity index (χ1n) is 6.40. The van der Waals surface area contributed by atoms with Crippen LogP contribution in [0.1, 0.15) is 13.8 Å². The number of benzene rings is 1. The van der Waals surface area contributed by atoms with Crippen molar-refractivity contribution in [2.45, 2.75) is 19.9 Å². The fourth-order valence-corrected chi connectivity index (χ4v) is 1.90. The van der Waals surface area contributed by atoms with E-state index >= 15 is 0 Å². The van der Waals surface area contributed by atoms with Gasteiger partial charge < -0.3 is 15.0 Å². The molecule has 1 aromatic rings. The number of hydrogen-bond donors (Lipinski definition) is 1. The van der Waals surface area contributed by atoms with Gasteiger partial charge in [0.25, 0.3) is 0 Å².